The van der Waals surface area contributed by atoms with E-state index < -0.39 is 0 Å². The van der Waals surface area contributed by atoms with Gasteiger partial charge in [0.1, 0.15) is 0 Å². The molecule has 0 bridgehead atoms. The second-order valence-corrected chi connectivity index (χ2v) is 6.35. The van der Waals surface area contributed by atoms with Crippen molar-refractivity contribution in [3.63, 3.8) is 0 Å². The lowest BCUT2D eigenvalue weighted by Gasteiger charge is -2.37. The lowest BCUT2D eigenvalue weighted by molar-refractivity contribution is -0.138. The van der Waals surface area contributed by atoms with E-state index in [1.165, 1.54) is 22.9 Å². The molecule has 4 heteroatoms. The minimum Gasteiger partial charge on any atom is -0.361 e. The zero-order valence-corrected chi connectivity index (χ0v) is 14.2. The molecule has 1 aliphatic heterocycles. The molecule has 0 saturated carbocycles. The Hall–Kier alpha value is -1.81. The predicted octanol–water partition coefficient (Wildman–Crippen LogP) is 3.39. The number of para-hydroxylation sites is 1. The third-order valence-electron chi connectivity index (χ3n) is 5.02. The fraction of sp³-hybridized carbons (Fsp3) is 0.526. The van der Waals surface area contributed by atoms with Gasteiger partial charge in [-0.1, -0.05) is 24.6 Å². The van der Waals surface area contributed by atoms with Crippen LogP contribution in [0.5, 0.6) is 0 Å². The van der Waals surface area contributed by atoms with Gasteiger partial charge in [-0.05, 0) is 44.9 Å². The van der Waals surface area contributed by atoms with Gasteiger partial charge in [0.25, 0.3) is 0 Å². The number of carbonyl (C=O) groups excluding carboxylic acids is 1. The maximum Gasteiger partial charge on any atom is 0.239 e. The van der Waals surface area contributed by atoms with Crippen LogP contribution in [0.15, 0.2) is 30.5 Å². The van der Waals surface area contributed by atoms with Gasteiger partial charge in [0, 0.05) is 36.7 Å². The van der Waals surface area contributed by atoms with Crippen molar-refractivity contribution >= 4 is 16.8 Å². The van der Waals surface area contributed by atoms with Gasteiger partial charge in [-0.15, -0.1) is 0 Å². The summed E-state index contributed by atoms with van der Waals surface area (Å²) in [6.45, 7) is 7.58. The van der Waals surface area contributed by atoms with E-state index in [1.807, 2.05) is 4.90 Å². The normalized spacial score (nSPS) is 19.1. The largest absolute Gasteiger partial charge is 0.361 e. The highest BCUT2D eigenvalue weighted by atomic mass is 16.2. The maximum absolute atomic E-state index is 12.8. The van der Waals surface area contributed by atoms with E-state index in [2.05, 4.69) is 54.2 Å². The van der Waals surface area contributed by atoms with Gasteiger partial charge in [0.05, 0.1) is 6.04 Å². The van der Waals surface area contributed by atoms with E-state index in [1.54, 1.807) is 0 Å². The first-order valence-corrected chi connectivity index (χ1v) is 8.82. The highest BCUT2D eigenvalue weighted by Crippen LogP contribution is 2.25. The van der Waals surface area contributed by atoms with Crippen molar-refractivity contribution in [2.24, 2.45) is 0 Å². The first-order valence-electron chi connectivity index (χ1n) is 8.82. The Morgan fingerprint density at radius 3 is 2.83 bits per heavy atom. The molecule has 1 atom stereocenters. The number of nitrogens with one attached hydrogen (secondary N) is 1. The molecule has 1 fully saturated rings. The average Bonchev–Trinajstić information content (AvgIpc) is 2.99. The number of rotatable bonds is 5. The summed E-state index contributed by atoms with van der Waals surface area (Å²) >= 11 is 0. The summed E-state index contributed by atoms with van der Waals surface area (Å²) in [5.41, 5.74) is 2.46. The van der Waals surface area contributed by atoms with E-state index in [9.17, 15) is 4.79 Å². The molecule has 4 nitrogen and oxygen atoms in total. The van der Waals surface area contributed by atoms with Crippen molar-refractivity contribution in [3.05, 3.63) is 36.0 Å². The Kier molecular flexibility index (Phi) is 5.01. The number of likely N-dealkylation sites (tertiary alicyclic amines) is 1. The van der Waals surface area contributed by atoms with Crippen LogP contribution in [-0.4, -0.2) is 46.4 Å². The number of aromatic amines is 1. The molecule has 1 amide bonds. The molecule has 0 radical (unpaired) electrons. The van der Waals surface area contributed by atoms with Crippen molar-refractivity contribution < 1.29 is 4.79 Å². The molecule has 1 aliphatic rings. The number of fused-ring (bicyclic) bond motifs is 1. The molecule has 1 N–H and O–H groups in total. The monoisotopic (exact) mass is 313 g/mol. The molecule has 2 heterocycles. The summed E-state index contributed by atoms with van der Waals surface area (Å²) in [4.78, 5) is 20.5. The molecule has 3 rings (SSSR count). The first-order chi connectivity index (χ1) is 11.2. The van der Waals surface area contributed by atoms with Gasteiger partial charge in [-0.3, -0.25) is 9.69 Å². The van der Waals surface area contributed by atoms with Crippen LogP contribution in [-0.2, 0) is 11.3 Å². The van der Waals surface area contributed by atoms with Crippen molar-refractivity contribution in [1.29, 1.82) is 0 Å². The Bertz CT molecular complexity index is 659. The summed E-state index contributed by atoms with van der Waals surface area (Å²) in [7, 11) is 0. The second kappa shape index (κ2) is 7.18. The number of hydrogen-bond acceptors (Lipinski definition) is 2. The van der Waals surface area contributed by atoms with E-state index in [0.717, 1.165) is 39.0 Å². The third-order valence-corrected chi connectivity index (χ3v) is 5.02. The summed E-state index contributed by atoms with van der Waals surface area (Å²) in [6, 6.07) is 8.43. The summed E-state index contributed by atoms with van der Waals surface area (Å²) in [6.07, 6.45) is 5.42. The number of likely N-dealkylation sites (N-methyl/N-ethyl adjacent to an activating group) is 1. The minimum absolute atomic E-state index is 0.0392. The lowest BCUT2D eigenvalue weighted by atomic mass is 9.99. The Balaban J connectivity index is 1.80. The average molecular weight is 313 g/mol. The number of amides is 1. The van der Waals surface area contributed by atoms with Crippen LogP contribution in [0.3, 0.4) is 0 Å². The Morgan fingerprint density at radius 2 is 2.04 bits per heavy atom. The minimum atomic E-state index is 0.0392. The van der Waals surface area contributed by atoms with Crippen molar-refractivity contribution in [2.45, 2.75) is 45.7 Å². The van der Waals surface area contributed by atoms with Gasteiger partial charge in [-0.25, -0.2) is 0 Å². The maximum atomic E-state index is 12.8. The molecular weight excluding hydrogens is 286 g/mol. The molecule has 1 saturated heterocycles. The Labute approximate surface area is 138 Å². The smallest absolute Gasteiger partial charge is 0.239 e. The number of carbonyl (C=O) groups is 1. The van der Waals surface area contributed by atoms with Gasteiger partial charge >= 0.3 is 0 Å². The Morgan fingerprint density at radius 1 is 1.26 bits per heavy atom. The number of H-pyrrole nitrogens is 1. The predicted molar refractivity (Wildman–Crippen MR) is 94.3 cm³/mol. The second-order valence-electron chi connectivity index (χ2n) is 6.35. The van der Waals surface area contributed by atoms with Crippen LogP contribution in [0.25, 0.3) is 10.9 Å². The molecule has 124 valence electrons. The van der Waals surface area contributed by atoms with E-state index in [4.69, 9.17) is 0 Å². The quantitative estimate of drug-likeness (QED) is 0.919. The van der Waals surface area contributed by atoms with E-state index >= 15 is 0 Å². The van der Waals surface area contributed by atoms with Gasteiger partial charge in [0.15, 0.2) is 0 Å². The molecule has 0 aliphatic carbocycles. The fourth-order valence-electron chi connectivity index (χ4n) is 3.69. The van der Waals surface area contributed by atoms with Gasteiger partial charge in [0.2, 0.25) is 5.91 Å². The topological polar surface area (TPSA) is 39.3 Å². The molecular formula is C19H27N3O. The van der Waals surface area contributed by atoms with Crippen LogP contribution in [0.1, 0.15) is 38.7 Å². The summed E-state index contributed by atoms with van der Waals surface area (Å²) < 4.78 is 0. The third kappa shape index (κ3) is 3.27. The number of hydrogen-bond donors (Lipinski definition) is 1. The number of aromatic nitrogens is 1. The highest BCUT2D eigenvalue weighted by molar-refractivity contribution is 5.84. The van der Waals surface area contributed by atoms with Gasteiger partial charge in [-0.2, -0.15) is 0 Å². The standard InChI is InChI=1S/C19H27N3O/c1-3-21(4-2)19(23)18-11-7-8-12-22(18)14-15-13-20-17-10-6-5-9-16(15)17/h5-6,9-10,13,18,20H,3-4,7-8,11-12,14H2,1-2H3/t18-/m0/s1. The summed E-state index contributed by atoms with van der Waals surface area (Å²) in [5, 5.41) is 1.27. The number of benzene rings is 1. The van der Waals surface area contributed by atoms with Crippen LogP contribution in [0, 0.1) is 0 Å². The molecule has 2 aromatic rings. The zero-order valence-electron chi connectivity index (χ0n) is 14.2. The van der Waals surface area contributed by atoms with Crippen LogP contribution >= 0.6 is 0 Å². The molecule has 1 aromatic carbocycles. The van der Waals surface area contributed by atoms with Gasteiger partial charge < -0.3 is 9.88 Å². The SMILES string of the molecule is CCN(CC)C(=O)[C@@H]1CCCCN1Cc1c[nH]c2ccccc12. The van der Waals surface area contributed by atoms with Crippen LogP contribution in [0.4, 0.5) is 0 Å². The highest BCUT2D eigenvalue weighted by Gasteiger charge is 2.31. The number of piperidine rings is 1. The molecule has 1 aromatic heterocycles. The summed E-state index contributed by atoms with van der Waals surface area (Å²) in [5.74, 6) is 0.301. The van der Waals surface area contributed by atoms with E-state index in [-0.39, 0.29) is 6.04 Å². The molecule has 0 unspecified atom stereocenters. The molecule has 23 heavy (non-hydrogen) atoms. The number of nitrogens with zero attached hydrogens (tertiary/aromatic N) is 2. The van der Waals surface area contributed by atoms with Crippen molar-refractivity contribution in [1.82, 2.24) is 14.8 Å². The fourth-order valence-corrected chi connectivity index (χ4v) is 3.69. The molecule has 0 spiro atoms. The van der Waals surface area contributed by atoms with Crippen LogP contribution in [0.2, 0.25) is 0 Å². The first kappa shape index (κ1) is 16.1. The zero-order chi connectivity index (χ0) is 16.2. The van der Waals surface area contributed by atoms with Crippen molar-refractivity contribution in [3.8, 4) is 0 Å². The van der Waals surface area contributed by atoms with Crippen LogP contribution < -0.4 is 0 Å². The van der Waals surface area contributed by atoms with Crippen molar-refractivity contribution in [2.75, 3.05) is 19.6 Å². The van der Waals surface area contributed by atoms with E-state index in [0.29, 0.717) is 5.91 Å². The lowest BCUT2D eigenvalue weighted by Crippen LogP contribution is -2.50.